The first-order valence-corrected chi connectivity index (χ1v) is 3.62. The molecule has 0 heterocycles. The second kappa shape index (κ2) is 11.7. The predicted octanol–water partition coefficient (Wildman–Crippen LogP) is -4.16. The van der Waals surface area contributed by atoms with Crippen LogP contribution in [0.3, 0.4) is 0 Å². The Labute approximate surface area is 145 Å². The van der Waals surface area contributed by atoms with E-state index in [0.29, 0.717) is 0 Å². The SMILES string of the molecule is CC(=O)[O-].O=C(O)c1ccccc1[O-].[Ca+2].[Na+]. The average Bonchev–Trinajstić information content (AvgIpc) is 2.03. The van der Waals surface area contributed by atoms with Crippen LogP contribution in [0.2, 0.25) is 0 Å². The summed E-state index contributed by atoms with van der Waals surface area (Å²) in [6, 6.07) is 5.54. The second-order valence-electron chi connectivity index (χ2n) is 2.29. The second-order valence-corrected chi connectivity index (χ2v) is 2.29. The van der Waals surface area contributed by atoms with Crippen molar-refractivity contribution in [2.75, 3.05) is 0 Å². The van der Waals surface area contributed by atoms with E-state index in [2.05, 4.69) is 0 Å². The van der Waals surface area contributed by atoms with Gasteiger partial charge in [0.05, 0.1) is 5.56 Å². The number of aromatic carboxylic acids is 1. The number of carbonyl (C=O) groups excluding carboxylic acids is 1. The Hall–Kier alpha value is 0.220. The monoisotopic (exact) mass is 259 g/mol. The van der Waals surface area contributed by atoms with Crippen LogP contribution in [0, 0.1) is 0 Å². The first kappa shape index (κ1) is 21.5. The fraction of sp³-hybridized carbons (Fsp3) is 0.111. The van der Waals surface area contributed by atoms with E-state index in [4.69, 9.17) is 15.0 Å². The number of benzene rings is 1. The number of para-hydroxylation sites is 1. The molecular weight excluding hydrogens is 251 g/mol. The Morgan fingerprint density at radius 2 is 1.62 bits per heavy atom. The largest absolute Gasteiger partial charge is 2.00 e. The summed E-state index contributed by atoms with van der Waals surface area (Å²) >= 11 is 0. The minimum absolute atomic E-state index is 0. The van der Waals surface area contributed by atoms with Gasteiger partial charge in [0.15, 0.2) is 0 Å². The van der Waals surface area contributed by atoms with Gasteiger partial charge < -0.3 is 20.1 Å². The van der Waals surface area contributed by atoms with Crippen molar-refractivity contribution in [3.8, 4) is 5.75 Å². The van der Waals surface area contributed by atoms with Crippen LogP contribution in [-0.2, 0) is 4.79 Å². The van der Waals surface area contributed by atoms with Gasteiger partial charge >= 0.3 is 73.3 Å². The molecule has 16 heavy (non-hydrogen) atoms. The minimum atomic E-state index is -1.18. The summed E-state index contributed by atoms with van der Waals surface area (Å²) in [5, 5.41) is 27.9. The zero-order chi connectivity index (χ0) is 11.1. The van der Waals surface area contributed by atoms with Crippen molar-refractivity contribution in [2.24, 2.45) is 0 Å². The van der Waals surface area contributed by atoms with E-state index in [9.17, 15) is 9.90 Å². The standard InChI is InChI=1S/C7H6O3.C2H4O2.Ca.Na/c8-6-4-2-1-3-5(6)7(9)10;1-2(3)4;;/h1-4,8H,(H,9,10);1H3,(H,3,4);;/q;;+2;+1/p-2. The molecular formula is C9H8CaNaO5+. The Morgan fingerprint density at radius 1 is 1.25 bits per heavy atom. The van der Waals surface area contributed by atoms with Gasteiger partial charge in [-0.05, 0) is 13.0 Å². The van der Waals surface area contributed by atoms with Gasteiger partial charge in [0.1, 0.15) is 0 Å². The number of aliphatic carboxylic acids is 1. The van der Waals surface area contributed by atoms with E-state index in [-0.39, 0.29) is 72.9 Å². The molecule has 7 heteroatoms. The van der Waals surface area contributed by atoms with Gasteiger partial charge in [0.25, 0.3) is 0 Å². The van der Waals surface area contributed by atoms with Gasteiger partial charge in [-0.15, -0.1) is 0 Å². The van der Waals surface area contributed by atoms with E-state index < -0.39 is 17.7 Å². The molecule has 0 aliphatic carbocycles. The van der Waals surface area contributed by atoms with Crippen molar-refractivity contribution in [3.05, 3.63) is 29.8 Å². The van der Waals surface area contributed by atoms with Crippen molar-refractivity contribution in [2.45, 2.75) is 6.92 Å². The third kappa shape index (κ3) is 10.7. The van der Waals surface area contributed by atoms with Crippen LogP contribution in [0.4, 0.5) is 0 Å². The van der Waals surface area contributed by atoms with Crippen molar-refractivity contribution < 1.29 is 54.5 Å². The van der Waals surface area contributed by atoms with Crippen LogP contribution < -0.4 is 39.8 Å². The average molecular weight is 259 g/mol. The van der Waals surface area contributed by atoms with Gasteiger partial charge in [-0.1, -0.05) is 23.9 Å². The predicted molar refractivity (Wildman–Crippen MR) is 49.3 cm³/mol. The zero-order valence-corrected chi connectivity index (χ0v) is 13.3. The molecule has 1 aromatic carbocycles. The molecule has 1 rings (SSSR count). The Morgan fingerprint density at radius 3 is 1.88 bits per heavy atom. The molecule has 0 saturated carbocycles. The van der Waals surface area contributed by atoms with Gasteiger partial charge in [-0.3, -0.25) is 0 Å². The summed E-state index contributed by atoms with van der Waals surface area (Å²) < 4.78 is 0. The number of carboxylic acids is 2. The quantitative estimate of drug-likeness (QED) is 0.516. The summed E-state index contributed by atoms with van der Waals surface area (Å²) in [5.74, 6) is -2.71. The number of carbonyl (C=O) groups is 2. The molecule has 0 bridgehead atoms. The van der Waals surface area contributed by atoms with Crippen molar-refractivity contribution >= 4 is 49.7 Å². The molecule has 0 radical (unpaired) electrons. The maximum atomic E-state index is 10.7. The molecule has 0 aliphatic rings. The number of hydrogen-bond acceptors (Lipinski definition) is 4. The summed E-state index contributed by atoms with van der Waals surface area (Å²) in [6.07, 6.45) is 0. The Bertz CT molecular complexity index is 338. The minimum Gasteiger partial charge on any atom is -0.872 e. The molecule has 0 unspecified atom stereocenters. The summed E-state index contributed by atoms with van der Waals surface area (Å²) in [6.45, 7) is 0.972. The van der Waals surface area contributed by atoms with E-state index in [0.717, 1.165) is 6.92 Å². The van der Waals surface area contributed by atoms with Crippen molar-refractivity contribution in [1.29, 1.82) is 0 Å². The molecule has 5 nitrogen and oxygen atoms in total. The maximum Gasteiger partial charge on any atom is 2.00 e. The van der Waals surface area contributed by atoms with Crippen LogP contribution in [-0.4, -0.2) is 54.8 Å². The molecule has 76 valence electrons. The summed E-state index contributed by atoms with van der Waals surface area (Å²) in [5.41, 5.74) is -0.178. The van der Waals surface area contributed by atoms with E-state index in [1.807, 2.05) is 0 Å². The number of rotatable bonds is 1. The Kier molecular flexibility index (Phi) is 15.7. The molecule has 0 atom stereocenters. The summed E-state index contributed by atoms with van der Waals surface area (Å²) in [7, 11) is 0. The smallest absolute Gasteiger partial charge is 0.872 e. The molecule has 1 aromatic rings. The molecule has 0 amide bonds. The maximum absolute atomic E-state index is 10.7. The normalized spacial score (nSPS) is 7.31. The van der Waals surface area contributed by atoms with Crippen LogP contribution in [0.1, 0.15) is 17.3 Å². The van der Waals surface area contributed by atoms with Crippen LogP contribution in [0.15, 0.2) is 24.3 Å². The molecule has 0 aliphatic heterocycles. The molecule has 0 spiro atoms. The molecule has 0 fully saturated rings. The number of carboxylic acid groups (broad SMARTS) is 2. The molecule has 1 N–H and O–H groups in total. The summed E-state index contributed by atoms with van der Waals surface area (Å²) in [4.78, 5) is 19.1. The van der Waals surface area contributed by atoms with Crippen molar-refractivity contribution in [3.63, 3.8) is 0 Å². The van der Waals surface area contributed by atoms with Gasteiger partial charge in [-0.25, -0.2) is 4.79 Å². The van der Waals surface area contributed by atoms with Gasteiger partial charge in [0.2, 0.25) is 0 Å². The first-order chi connectivity index (χ1) is 6.45. The van der Waals surface area contributed by atoms with E-state index in [1.165, 1.54) is 24.3 Å². The van der Waals surface area contributed by atoms with Crippen LogP contribution in [0.25, 0.3) is 0 Å². The van der Waals surface area contributed by atoms with E-state index >= 15 is 0 Å². The topological polar surface area (TPSA) is 100 Å². The van der Waals surface area contributed by atoms with Crippen molar-refractivity contribution in [1.82, 2.24) is 0 Å². The fourth-order valence-corrected chi connectivity index (χ4v) is 0.643. The Balaban J connectivity index is -0.000000249. The number of hydrogen-bond donors (Lipinski definition) is 1. The van der Waals surface area contributed by atoms with Gasteiger partial charge in [0, 0.05) is 5.97 Å². The molecule has 0 aromatic heterocycles. The fourth-order valence-electron chi connectivity index (χ4n) is 0.643. The van der Waals surface area contributed by atoms with E-state index in [1.54, 1.807) is 0 Å². The van der Waals surface area contributed by atoms with Gasteiger partial charge in [-0.2, -0.15) is 0 Å². The first-order valence-electron chi connectivity index (χ1n) is 3.62. The van der Waals surface area contributed by atoms with Crippen LogP contribution in [0.5, 0.6) is 5.75 Å². The third-order valence-corrected chi connectivity index (χ3v) is 1.12. The van der Waals surface area contributed by atoms with Crippen LogP contribution >= 0.6 is 0 Å². The molecule has 0 saturated heterocycles. The third-order valence-electron chi connectivity index (χ3n) is 1.12. The zero-order valence-electron chi connectivity index (χ0n) is 9.10.